The molecule has 4 saturated carbocycles. The molecule has 7 aliphatic rings. The van der Waals surface area contributed by atoms with E-state index in [0.717, 1.165) is 6.42 Å². The second kappa shape index (κ2) is 13.6. The highest BCUT2D eigenvalue weighted by Gasteiger charge is 2.90. The molecule has 0 aromatic heterocycles. The highest BCUT2D eigenvalue weighted by Crippen LogP contribution is 2.78. The zero-order chi connectivity index (χ0) is 41.3. The van der Waals surface area contributed by atoms with Gasteiger partial charge in [-0.2, -0.15) is 0 Å². The second-order valence-corrected chi connectivity index (χ2v) is 19.2. The first-order valence-corrected chi connectivity index (χ1v) is 20.7. The van der Waals surface area contributed by atoms with Crippen LogP contribution < -0.4 is 0 Å². The fourth-order valence-electron chi connectivity index (χ4n) is 13.1. The lowest BCUT2D eigenvalue weighted by molar-refractivity contribution is -0.301. The standard InChI is InChI=1S/C41H63NO14/c1-10-20(4)34(46)55-33-28(45)27-23(18-42-17-19(3)12-13-25(42)38(27,9)49)24-16-39-32(40(24,33)50)30(53-22(6)44)29(52-21(5)43)31-36(39,7)15-14-26(41(31,51)56-39)54-35(47)37(8,48)11-2/h19-20,23-33,45,48-51H,10-18H2,1-9H3/t19-,20+,23-,24?,25-,26-,27+,28+,29-,30+,31-,32+,33-,36-,37+,38+,39+,40-,41-/m0/s1. The van der Waals surface area contributed by atoms with Gasteiger partial charge >= 0.3 is 23.9 Å². The Hall–Kier alpha value is -2.40. The number of nitrogens with zero attached hydrogens (tertiary/aromatic N) is 1. The highest BCUT2D eigenvalue weighted by molar-refractivity contribution is 5.79. The van der Waals surface area contributed by atoms with Gasteiger partial charge in [-0.3, -0.25) is 19.3 Å². The molecule has 4 aliphatic carbocycles. The topological polar surface area (TPSA) is 219 Å². The minimum absolute atomic E-state index is 0.0107. The van der Waals surface area contributed by atoms with Crippen LogP contribution in [-0.4, -0.2) is 132 Å². The third kappa shape index (κ3) is 5.60. The number of rotatable bonds is 8. The maximum Gasteiger partial charge on any atom is 0.338 e. The molecule has 7 rings (SSSR count). The van der Waals surface area contributed by atoms with Crippen molar-refractivity contribution in [3.8, 4) is 0 Å². The summed E-state index contributed by atoms with van der Waals surface area (Å²) in [6.45, 7) is 15.5. The molecule has 4 bridgehead atoms. The van der Waals surface area contributed by atoms with Crippen LogP contribution in [0.2, 0.25) is 0 Å². The van der Waals surface area contributed by atoms with Gasteiger partial charge in [0.25, 0.3) is 0 Å². The van der Waals surface area contributed by atoms with Gasteiger partial charge in [-0.15, -0.1) is 0 Å². The van der Waals surface area contributed by atoms with E-state index in [2.05, 4.69) is 11.8 Å². The number of aliphatic hydroxyl groups excluding tert-OH is 1. The molecule has 0 aromatic carbocycles. The van der Waals surface area contributed by atoms with E-state index >= 15 is 0 Å². The van der Waals surface area contributed by atoms with E-state index in [1.165, 1.54) is 20.8 Å². The van der Waals surface area contributed by atoms with Crippen LogP contribution in [0.15, 0.2) is 0 Å². The number of carbonyl (C=O) groups excluding carboxylic acids is 4. The van der Waals surface area contributed by atoms with Crippen LogP contribution in [0.5, 0.6) is 0 Å². The summed E-state index contributed by atoms with van der Waals surface area (Å²) in [6.07, 6.45) is -5.31. The van der Waals surface area contributed by atoms with Crippen molar-refractivity contribution in [3.63, 3.8) is 0 Å². The molecule has 5 N–H and O–H groups in total. The lowest BCUT2D eigenvalue weighted by Gasteiger charge is -2.64. The maximum absolute atomic E-state index is 13.9. The smallest absolute Gasteiger partial charge is 0.338 e. The summed E-state index contributed by atoms with van der Waals surface area (Å²) >= 11 is 0. The van der Waals surface area contributed by atoms with Crippen LogP contribution in [0.4, 0.5) is 0 Å². The molecule has 0 radical (unpaired) electrons. The molecular weight excluding hydrogens is 730 g/mol. The molecule has 19 atom stereocenters. The zero-order valence-corrected chi connectivity index (χ0v) is 34.2. The van der Waals surface area contributed by atoms with Gasteiger partial charge in [0.15, 0.2) is 17.8 Å². The van der Waals surface area contributed by atoms with Crippen molar-refractivity contribution in [1.82, 2.24) is 4.90 Å². The SMILES string of the molecule is CC[C@@H](C)C(=O)O[C@H]1[C@H](O)[C@H]2[C@@H](CN3C[C@@H](C)CC[C@H]3[C@@]2(C)O)C2C[C@]34O[C@@]5(O)[C@@H](OC(=O)[C@](C)(O)CC)CC[C@@]3(C)[C@@H]5[C@@H](OC(C)=O)[C@@H](OC(C)=O)[C@H]4[C@@]21O. The van der Waals surface area contributed by atoms with Gasteiger partial charge in [0, 0.05) is 44.3 Å². The van der Waals surface area contributed by atoms with E-state index in [4.69, 9.17) is 23.7 Å². The van der Waals surface area contributed by atoms with E-state index < -0.39 is 124 Å². The molecule has 3 heterocycles. The van der Waals surface area contributed by atoms with Crippen LogP contribution in [0.1, 0.15) is 107 Å². The Labute approximate surface area is 328 Å². The predicted octanol–water partition coefficient (Wildman–Crippen LogP) is 1.61. The number of esters is 4. The average molecular weight is 794 g/mol. The van der Waals surface area contributed by atoms with Crippen LogP contribution in [0.25, 0.3) is 0 Å². The minimum Gasteiger partial charge on any atom is -0.458 e. The summed E-state index contributed by atoms with van der Waals surface area (Å²) in [5.74, 6) is -10.8. The summed E-state index contributed by atoms with van der Waals surface area (Å²) in [5, 5.41) is 62.9. The lowest BCUT2D eigenvalue weighted by atomic mass is 9.48. The first kappa shape index (κ1) is 41.7. The van der Waals surface area contributed by atoms with Gasteiger partial charge in [-0.25, -0.2) is 4.79 Å². The van der Waals surface area contributed by atoms with Gasteiger partial charge in [-0.05, 0) is 76.5 Å². The van der Waals surface area contributed by atoms with Crippen molar-refractivity contribution in [1.29, 1.82) is 0 Å². The summed E-state index contributed by atoms with van der Waals surface area (Å²) in [7, 11) is 0. The van der Waals surface area contributed by atoms with Crippen LogP contribution in [0.3, 0.4) is 0 Å². The fraction of sp³-hybridized carbons (Fsp3) is 0.902. The van der Waals surface area contributed by atoms with Crippen LogP contribution in [0, 0.1) is 46.8 Å². The fourth-order valence-corrected chi connectivity index (χ4v) is 13.1. The molecule has 7 fully saturated rings. The summed E-state index contributed by atoms with van der Waals surface area (Å²) in [6, 6.07) is -0.309. The minimum atomic E-state index is -2.38. The van der Waals surface area contributed by atoms with E-state index in [1.807, 2.05) is 13.8 Å². The number of ether oxygens (including phenoxy) is 5. The maximum atomic E-state index is 13.9. The molecule has 15 nitrogen and oxygen atoms in total. The predicted molar refractivity (Wildman–Crippen MR) is 195 cm³/mol. The number of carbonyl (C=O) groups is 4. The number of piperidine rings is 2. The quantitative estimate of drug-likeness (QED) is 0.174. The van der Waals surface area contributed by atoms with E-state index in [0.29, 0.717) is 31.8 Å². The number of aliphatic hydroxyl groups is 5. The van der Waals surface area contributed by atoms with Gasteiger partial charge in [0.2, 0.25) is 5.79 Å². The van der Waals surface area contributed by atoms with Crippen molar-refractivity contribution < 1.29 is 68.4 Å². The van der Waals surface area contributed by atoms with Gasteiger partial charge < -0.3 is 49.2 Å². The van der Waals surface area contributed by atoms with Crippen molar-refractivity contribution in [2.75, 3.05) is 13.1 Å². The molecule has 1 unspecified atom stereocenters. The molecule has 0 aromatic rings. The molecular formula is C41H63NO14. The van der Waals surface area contributed by atoms with Crippen molar-refractivity contribution in [2.24, 2.45) is 46.8 Å². The van der Waals surface area contributed by atoms with Crippen molar-refractivity contribution in [2.45, 2.75) is 172 Å². The van der Waals surface area contributed by atoms with Crippen LogP contribution in [-0.2, 0) is 42.9 Å². The molecule has 3 saturated heterocycles. The molecule has 56 heavy (non-hydrogen) atoms. The summed E-state index contributed by atoms with van der Waals surface area (Å²) < 4.78 is 31.3. The summed E-state index contributed by atoms with van der Waals surface area (Å²) in [4.78, 5) is 55.6. The second-order valence-electron chi connectivity index (χ2n) is 19.2. The molecule has 15 heteroatoms. The van der Waals surface area contributed by atoms with E-state index in [-0.39, 0.29) is 31.7 Å². The Morgan fingerprint density at radius 2 is 1.55 bits per heavy atom. The average Bonchev–Trinajstić information content (AvgIpc) is 3.40. The Bertz CT molecular complexity index is 1620. The Morgan fingerprint density at radius 3 is 2.14 bits per heavy atom. The Kier molecular flexibility index (Phi) is 10.1. The third-order valence-electron chi connectivity index (χ3n) is 16.0. The van der Waals surface area contributed by atoms with E-state index in [1.54, 1.807) is 20.8 Å². The normalized spacial score (nSPS) is 50.5. The molecule has 3 aliphatic heterocycles. The van der Waals surface area contributed by atoms with Crippen molar-refractivity contribution >= 4 is 23.9 Å². The number of hydrogen-bond acceptors (Lipinski definition) is 15. The van der Waals surface area contributed by atoms with E-state index in [9.17, 15) is 44.7 Å². The monoisotopic (exact) mass is 793 g/mol. The van der Waals surface area contributed by atoms with Gasteiger partial charge in [0.1, 0.15) is 17.8 Å². The Morgan fingerprint density at radius 1 is 0.929 bits per heavy atom. The molecule has 316 valence electrons. The van der Waals surface area contributed by atoms with Crippen LogP contribution >= 0.6 is 0 Å². The lowest BCUT2D eigenvalue weighted by Crippen LogP contribution is -2.78. The van der Waals surface area contributed by atoms with Crippen molar-refractivity contribution in [3.05, 3.63) is 0 Å². The van der Waals surface area contributed by atoms with Gasteiger partial charge in [0.05, 0.1) is 35.1 Å². The first-order valence-electron chi connectivity index (χ1n) is 20.7. The summed E-state index contributed by atoms with van der Waals surface area (Å²) in [5.41, 5.74) is -8.37. The number of hydrogen-bond donors (Lipinski definition) is 5. The zero-order valence-electron chi connectivity index (χ0n) is 34.2. The largest absolute Gasteiger partial charge is 0.458 e. The first-order chi connectivity index (χ1) is 26.0. The third-order valence-corrected chi connectivity index (χ3v) is 16.0. The van der Waals surface area contributed by atoms with Gasteiger partial charge in [-0.1, -0.05) is 34.6 Å². The highest BCUT2D eigenvalue weighted by atomic mass is 16.7. The Balaban J connectivity index is 1.45. The molecule has 1 spiro atoms. The number of fused-ring (bicyclic) bond motifs is 5. The molecule has 0 amide bonds.